The summed E-state index contributed by atoms with van der Waals surface area (Å²) in [4.78, 5) is 37.5. The van der Waals surface area contributed by atoms with E-state index in [1.165, 1.54) is 161 Å². The normalized spacial score (nSPS) is 11.9. The van der Waals surface area contributed by atoms with Gasteiger partial charge in [-0.1, -0.05) is 233 Å². The average molecular weight is 779 g/mol. The van der Waals surface area contributed by atoms with Crippen LogP contribution in [0.4, 0.5) is 0 Å². The maximum Gasteiger partial charge on any atom is 0.306 e. The van der Waals surface area contributed by atoms with Crippen molar-refractivity contribution in [1.82, 2.24) is 0 Å². The topological polar surface area (TPSA) is 78.9 Å². The molecule has 0 aliphatic carbocycles. The molecule has 0 saturated carbocycles. The molecule has 0 unspecified atom stereocenters. The molecule has 326 valence electrons. The molecule has 6 heteroatoms. The van der Waals surface area contributed by atoms with Crippen molar-refractivity contribution < 1.29 is 28.6 Å². The van der Waals surface area contributed by atoms with E-state index < -0.39 is 6.10 Å². The van der Waals surface area contributed by atoms with Gasteiger partial charge < -0.3 is 14.2 Å². The molecule has 6 nitrogen and oxygen atoms in total. The Morgan fingerprint density at radius 2 is 0.600 bits per heavy atom. The van der Waals surface area contributed by atoms with Crippen LogP contribution in [0.2, 0.25) is 0 Å². The smallest absolute Gasteiger partial charge is 0.306 e. The Balaban J connectivity index is 4.12. The number of hydrogen-bond donors (Lipinski definition) is 0. The summed E-state index contributed by atoms with van der Waals surface area (Å²) < 4.78 is 16.6. The summed E-state index contributed by atoms with van der Waals surface area (Å²) in [5.74, 6) is -0.0461. The minimum absolute atomic E-state index is 0.0648. The Bertz CT molecular complexity index is 826. The Hall–Kier alpha value is -1.59. The highest BCUT2D eigenvalue weighted by molar-refractivity contribution is 5.71. The quantitative estimate of drug-likeness (QED) is 0.0348. The van der Waals surface area contributed by atoms with Gasteiger partial charge in [0, 0.05) is 19.3 Å². The first kappa shape index (κ1) is 53.4. The summed E-state index contributed by atoms with van der Waals surface area (Å²) in [7, 11) is 0. The summed E-state index contributed by atoms with van der Waals surface area (Å²) in [6, 6.07) is 0. The zero-order valence-electron chi connectivity index (χ0n) is 37.4. The van der Waals surface area contributed by atoms with Crippen molar-refractivity contribution in [3.05, 3.63) is 0 Å². The minimum Gasteiger partial charge on any atom is -0.462 e. The van der Waals surface area contributed by atoms with Gasteiger partial charge in [-0.3, -0.25) is 14.4 Å². The van der Waals surface area contributed by atoms with E-state index in [1.807, 2.05) is 0 Å². The number of carbonyl (C=O) groups excluding carboxylic acids is 3. The van der Waals surface area contributed by atoms with E-state index in [1.54, 1.807) is 0 Å². The van der Waals surface area contributed by atoms with Gasteiger partial charge in [0.15, 0.2) is 6.10 Å². The lowest BCUT2D eigenvalue weighted by Gasteiger charge is -2.18. The maximum absolute atomic E-state index is 12.7. The van der Waals surface area contributed by atoms with Crippen LogP contribution in [0.15, 0.2) is 0 Å². The third kappa shape index (κ3) is 43.4. The number of ether oxygens (including phenoxy) is 3. The second-order valence-electron chi connectivity index (χ2n) is 17.2. The van der Waals surface area contributed by atoms with Crippen LogP contribution >= 0.6 is 0 Å². The molecular formula is C49H94O6. The van der Waals surface area contributed by atoms with E-state index in [0.29, 0.717) is 19.3 Å². The molecule has 0 aliphatic heterocycles. The highest BCUT2D eigenvalue weighted by Crippen LogP contribution is 2.17. The third-order valence-corrected chi connectivity index (χ3v) is 11.0. The van der Waals surface area contributed by atoms with E-state index >= 15 is 0 Å². The first-order valence-electron chi connectivity index (χ1n) is 24.4. The summed E-state index contributed by atoms with van der Waals surface area (Å²) in [6.07, 6.45) is 44.1. The molecule has 0 radical (unpaired) electrons. The van der Waals surface area contributed by atoms with E-state index in [9.17, 15) is 14.4 Å². The lowest BCUT2D eigenvalue weighted by Crippen LogP contribution is -2.30. The van der Waals surface area contributed by atoms with Gasteiger partial charge in [0.2, 0.25) is 0 Å². The summed E-state index contributed by atoms with van der Waals surface area (Å²) >= 11 is 0. The predicted octanol–water partition coefficient (Wildman–Crippen LogP) is 15.5. The summed E-state index contributed by atoms with van der Waals surface area (Å²) in [6.45, 7) is 8.92. The van der Waals surface area contributed by atoms with Crippen molar-refractivity contribution in [3.8, 4) is 0 Å². The number of esters is 3. The van der Waals surface area contributed by atoms with E-state index in [2.05, 4.69) is 27.7 Å². The first-order chi connectivity index (χ1) is 26.9. The fourth-order valence-electron chi connectivity index (χ4n) is 7.33. The van der Waals surface area contributed by atoms with Gasteiger partial charge >= 0.3 is 17.9 Å². The van der Waals surface area contributed by atoms with Gasteiger partial charge in [0.05, 0.1) is 0 Å². The van der Waals surface area contributed by atoms with Crippen LogP contribution < -0.4 is 0 Å². The van der Waals surface area contributed by atoms with Gasteiger partial charge in [0.1, 0.15) is 13.2 Å². The molecule has 0 aromatic carbocycles. The van der Waals surface area contributed by atoms with E-state index in [4.69, 9.17) is 14.2 Å². The SMILES string of the molecule is CCCCCCCCCCCCCCCCCCCCCC(=O)O[C@H](COC(=O)CCCCCCC)COC(=O)CCCCCCCCCCCCC(C)C. The van der Waals surface area contributed by atoms with Crippen LogP contribution in [0.1, 0.15) is 272 Å². The lowest BCUT2D eigenvalue weighted by atomic mass is 10.0. The third-order valence-electron chi connectivity index (χ3n) is 11.0. The predicted molar refractivity (Wildman–Crippen MR) is 233 cm³/mol. The molecule has 0 N–H and O–H groups in total. The second kappa shape index (κ2) is 43.5. The van der Waals surface area contributed by atoms with Gasteiger partial charge in [-0.2, -0.15) is 0 Å². The average Bonchev–Trinajstić information content (AvgIpc) is 3.17. The fourth-order valence-corrected chi connectivity index (χ4v) is 7.33. The molecule has 0 amide bonds. The lowest BCUT2D eigenvalue weighted by molar-refractivity contribution is -0.167. The van der Waals surface area contributed by atoms with E-state index in [0.717, 1.165) is 70.1 Å². The Morgan fingerprint density at radius 1 is 0.345 bits per heavy atom. The molecular weight excluding hydrogens is 685 g/mol. The van der Waals surface area contributed by atoms with Crippen LogP contribution in [-0.2, 0) is 28.6 Å². The second-order valence-corrected chi connectivity index (χ2v) is 17.2. The Kier molecular flexibility index (Phi) is 42.3. The number of carbonyl (C=O) groups is 3. The van der Waals surface area contributed by atoms with Crippen molar-refractivity contribution in [3.63, 3.8) is 0 Å². The molecule has 0 rings (SSSR count). The summed E-state index contributed by atoms with van der Waals surface area (Å²) in [5, 5.41) is 0. The van der Waals surface area contributed by atoms with Crippen LogP contribution in [0.3, 0.4) is 0 Å². The highest BCUT2D eigenvalue weighted by Gasteiger charge is 2.19. The Labute approximate surface area is 342 Å². The minimum atomic E-state index is -0.758. The molecule has 0 saturated heterocycles. The van der Waals surface area contributed by atoms with Crippen LogP contribution in [0.25, 0.3) is 0 Å². The van der Waals surface area contributed by atoms with Crippen LogP contribution in [0, 0.1) is 5.92 Å². The van der Waals surface area contributed by atoms with E-state index in [-0.39, 0.29) is 31.1 Å². The maximum atomic E-state index is 12.7. The first-order valence-corrected chi connectivity index (χ1v) is 24.4. The molecule has 0 aliphatic rings. The summed E-state index contributed by atoms with van der Waals surface area (Å²) in [5.41, 5.74) is 0. The molecule has 0 aromatic heterocycles. The molecule has 0 aromatic rings. The highest BCUT2D eigenvalue weighted by atomic mass is 16.6. The Morgan fingerprint density at radius 3 is 0.891 bits per heavy atom. The van der Waals surface area contributed by atoms with Crippen molar-refractivity contribution in [2.75, 3.05) is 13.2 Å². The van der Waals surface area contributed by atoms with Crippen molar-refractivity contribution >= 4 is 17.9 Å². The number of unbranched alkanes of at least 4 members (excludes halogenated alkanes) is 31. The number of rotatable bonds is 44. The van der Waals surface area contributed by atoms with Crippen molar-refractivity contribution in [2.45, 2.75) is 278 Å². The fraction of sp³-hybridized carbons (Fsp3) is 0.939. The molecule has 1 atom stereocenters. The van der Waals surface area contributed by atoms with Crippen molar-refractivity contribution in [1.29, 1.82) is 0 Å². The van der Waals surface area contributed by atoms with Crippen LogP contribution in [-0.4, -0.2) is 37.2 Å². The molecule has 55 heavy (non-hydrogen) atoms. The van der Waals surface area contributed by atoms with Gasteiger partial charge in [0.25, 0.3) is 0 Å². The van der Waals surface area contributed by atoms with Gasteiger partial charge in [-0.05, 0) is 25.2 Å². The largest absolute Gasteiger partial charge is 0.462 e. The zero-order chi connectivity index (χ0) is 40.3. The van der Waals surface area contributed by atoms with Crippen molar-refractivity contribution in [2.24, 2.45) is 5.92 Å². The molecule has 0 spiro atoms. The zero-order valence-corrected chi connectivity index (χ0v) is 37.4. The molecule has 0 bridgehead atoms. The van der Waals surface area contributed by atoms with Gasteiger partial charge in [-0.25, -0.2) is 0 Å². The monoisotopic (exact) mass is 779 g/mol. The standard InChI is InChI=1S/C49H94O6/c1-5-7-9-11-12-13-14-15-16-17-18-19-20-21-22-27-30-34-38-42-49(52)55-46(43-53-47(50)40-36-31-10-8-6-2)44-54-48(51)41-37-33-29-26-24-23-25-28-32-35-39-45(3)4/h45-46H,5-44H2,1-4H3/t46-/m1/s1. The van der Waals surface area contributed by atoms with Crippen LogP contribution in [0.5, 0.6) is 0 Å². The molecule has 0 heterocycles. The van der Waals surface area contributed by atoms with Gasteiger partial charge in [-0.15, -0.1) is 0 Å². The molecule has 0 fully saturated rings. The number of hydrogen-bond acceptors (Lipinski definition) is 6.